The molecule has 15 nitrogen and oxygen atoms in total. The van der Waals surface area contributed by atoms with Crippen LogP contribution in [0.5, 0.6) is 0 Å². The SMILES string of the molecule is C=C[C@](C)(CC/C=C(\C)CC/C=C(\C)CC/C=C(/C)CO[C@@H]1O[C@H](CO)[C@@H](O)[C@H](O)[C@H]1O)O[C@@H]1O[C@H](COC(=O)CC(=O)O)[C@@H](O)[C@H](O)[C@H]1O. The highest BCUT2D eigenvalue weighted by molar-refractivity contribution is 5.90. The fraction of sp³-hybridized carbons (Fsp3) is 0.714. The van der Waals surface area contributed by atoms with E-state index in [1.165, 1.54) is 5.57 Å². The van der Waals surface area contributed by atoms with Crippen LogP contribution in [0.3, 0.4) is 0 Å². The zero-order valence-corrected chi connectivity index (χ0v) is 29.3. The third kappa shape index (κ3) is 13.9. The number of carbonyl (C=O) groups excluding carboxylic acids is 1. The van der Waals surface area contributed by atoms with Crippen molar-refractivity contribution in [2.24, 2.45) is 0 Å². The molecule has 0 amide bonds. The number of aliphatic hydroxyl groups excluding tert-OH is 7. The van der Waals surface area contributed by atoms with Gasteiger partial charge in [-0.1, -0.05) is 41.0 Å². The number of allylic oxidation sites excluding steroid dienone is 5. The Morgan fingerprint density at radius 2 is 1.28 bits per heavy atom. The monoisotopic (exact) mass is 716 g/mol. The summed E-state index contributed by atoms with van der Waals surface area (Å²) in [5, 5.41) is 79.0. The third-order valence-corrected chi connectivity index (χ3v) is 8.71. The Morgan fingerprint density at radius 3 is 1.84 bits per heavy atom. The maximum absolute atomic E-state index is 11.6. The molecule has 0 aliphatic carbocycles. The zero-order chi connectivity index (χ0) is 37.6. The van der Waals surface area contributed by atoms with Gasteiger partial charge in [-0.2, -0.15) is 0 Å². The summed E-state index contributed by atoms with van der Waals surface area (Å²) in [6, 6.07) is 0. The van der Waals surface area contributed by atoms with Gasteiger partial charge in [0.1, 0.15) is 61.9 Å². The molecule has 0 radical (unpaired) electrons. The molecule has 0 aromatic carbocycles. The molecule has 286 valence electrons. The standard InChI is InChI=1S/C35H56O15/c1-6-35(5,50-34-32(45)30(43)28(41)24(49-34)19-46-26(39)16-25(37)38)15-9-14-21(3)11-7-10-20(2)12-8-13-22(4)18-47-33-31(44)29(42)27(40)23(17-36)48-33/h6,10,13-14,23-24,27-34,36,40-45H,1,7-9,11-12,15-19H2,2-5H3,(H,37,38)/b20-10+,21-14+,22-13-/t23-,24-,27-,28-,29+,30+,31-,32-,33-,34+,35-/m1/s1. The summed E-state index contributed by atoms with van der Waals surface area (Å²) in [6.45, 7) is 10.6. The van der Waals surface area contributed by atoms with Crippen LogP contribution in [0.1, 0.15) is 72.6 Å². The summed E-state index contributed by atoms with van der Waals surface area (Å²) in [5.41, 5.74) is 2.30. The molecule has 0 bridgehead atoms. The predicted molar refractivity (Wildman–Crippen MR) is 178 cm³/mol. The minimum Gasteiger partial charge on any atom is -0.481 e. The van der Waals surface area contributed by atoms with Crippen LogP contribution in [0.4, 0.5) is 0 Å². The molecule has 15 heteroatoms. The van der Waals surface area contributed by atoms with Crippen LogP contribution in [-0.2, 0) is 33.3 Å². The normalized spacial score (nSPS) is 32.3. The smallest absolute Gasteiger partial charge is 0.317 e. The van der Waals surface area contributed by atoms with Gasteiger partial charge < -0.3 is 64.5 Å². The van der Waals surface area contributed by atoms with Gasteiger partial charge in [0.15, 0.2) is 12.6 Å². The lowest BCUT2D eigenvalue weighted by Gasteiger charge is -2.43. The lowest BCUT2D eigenvalue weighted by molar-refractivity contribution is -0.320. The fourth-order valence-corrected chi connectivity index (χ4v) is 5.35. The van der Waals surface area contributed by atoms with Crippen molar-refractivity contribution in [2.75, 3.05) is 19.8 Å². The van der Waals surface area contributed by atoms with E-state index in [0.717, 1.165) is 36.8 Å². The van der Waals surface area contributed by atoms with E-state index in [4.69, 9.17) is 28.8 Å². The van der Waals surface area contributed by atoms with E-state index in [9.17, 15) is 45.3 Å². The number of aliphatic carboxylic acids is 1. The van der Waals surface area contributed by atoms with E-state index in [-0.39, 0.29) is 6.61 Å². The molecule has 0 spiro atoms. The number of ether oxygens (including phenoxy) is 5. The summed E-state index contributed by atoms with van der Waals surface area (Å²) in [4.78, 5) is 22.3. The average molecular weight is 717 g/mol. The highest BCUT2D eigenvalue weighted by atomic mass is 16.7. The van der Waals surface area contributed by atoms with Gasteiger partial charge in [-0.3, -0.25) is 9.59 Å². The molecule has 2 saturated heterocycles. The first-order valence-corrected chi connectivity index (χ1v) is 16.8. The van der Waals surface area contributed by atoms with Gasteiger partial charge in [-0.15, -0.1) is 6.58 Å². The topological polar surface area (TPSA) is 242 Å². The molecule has 50 heavy (non-hydrogen) atoms. The quantitative estimate of drug-likeness (QED) is 0.0493. The molecule has 0 aromatic rings. The molecule has 0 aromatic heterocycles. The van der Waals surface area contributed by atoms with E-state index >= 15 is 0 Å². The Morgan fingerprint density at radius 1 is 0.760 bits per heavy atom. The van der Waals surface area contributed by atoms with Crippen LogP contribution in [-0.4, -0.2) is 140 Å². The van der Waals surface area contributed by atoms with E-state index in [0.29, 0.717) is 12.8 Å². The number of carboxylic acids is 1. The highest BCUT2D eigenvalue weighted by Crippen LogP contribution is 2.30. The first-order valence-electron chi connectivity index (χ1n) is 16.8. The molecule has 2 heterocycles. The van der Waals surface area contributed by atoms with Crippen molar-refractivity contribution in [1.29, 1.82) is 0 Å². The third-order valence-electron chi connectivity index (χ3n) is 8.71. The van der Waals surface area contributed by atoms with E-state index in [2.05, 4.69) is 25.7 Å². The van der Waals surface area contributed by atoms with E-state index in [1.54, 1.807) is 13.0 Å². The second-order valence-electron chi connectivity index (χ2n) is 13.2. The molecule has 2 aliphatic rings. The van der Waals surface area contributed by atoms with Crippen molar-refractivity contribution in [2.45, 2.75) is 140 Å². The number of hydrogen-bond acceptors (Lipinski definition) is 14. The molecular formula is C35H56O15. The Labute approximate surface area is 293 Å². The van der Waals surface area contributed by atoms with Crippen molar-refractivity contribution in [3.8, 4) is 0 Å². The van der Waals surface area contributed by atoms with Crippen molar-refractivity contribution in [3.05, 3.63) is 47.6 Å². The molecule has 2 fully saturated rings. The van der Waals surface area contributed by atoms with Crippen LogP contribution < -0.4 is 0 Å². The van der Waals surface area contributed by atoms with Crippen LogP contribution in [0.25, 0.3) is 0 Å². The van der Waals surface area contributed by atoms with Crippen molar-refractivity contribution in [1.82, 2.24) is 0 Å². The summed E-state index contributed by atoms with van der Waals surface area (Å²) >= 11 is 0. The first kappa shape index (κ1) is 43.6. The van der Waals surface area contributed by atoms with Crippen molar-refractivity contribution in [3.63, 3.8) is 0 Å². The van der Waals surface area contributed by atoms with Gasteiger partial charge in [-0.25, -0.2) is 0 Å². The predicted octanol–water partition coefficient (Wildman–Crippen LogP) is 0.769. The average Bonchev–Trinajstić information content (AvgIpc) is 3.06. The number of esters is 1. The van der Waals surface area contributed by atoms with Gasteiger partial charge >= 0.3 is 11.9 Å². The van der Waals surface area contributed by atoms with Gasteiger partial charge in [-0.05, 0) is 66.2 Å². The first-order chi connectivity index (χ1) is 23.5. The van der Waals surface area contributed by atoms with Gasteiger partial charge in [0.2, 0.25) is 0 Å². The summed E-state index contributed by atoms with van der Waals surface area (Å²) in [7, 11) is 0. The number of hydrogen-bond donors (Lipinski definition) is 8. The lowest BCUT2D eigenvalue weighted by Crippen LogP contribution is -2.60. The van der Waals surface area contributed by atoms with Gasteiger partial charge in [0.25, 0.3) is 0 Å². The minimum atomic E-state index is -1.66. The maximum atomic E-state index is 11.6. The minimum absolute atomic E-state index is 0.151. The Hall–Kier alpha value is -2.54. The van der Waals surface area contributed by atoms with Crippen LogP contribution in [0.15, 0.2) is 47.6 Å². The zero-order valence-electron chi connectivity index (χ0n) is 29.3. The Balaban J connectivity index is 1.78. The number of rotatable bonds is 20. The Kier molecular flexibility index (Phi) is 18.4. The van der Waals surface area contributed by atoms with Crippen LogP contribution >= 0.6 is 0 Å². The number of aliphatic hydroxyl groups is 7. The molecule has 2 rings (SSSR count). The maximum Gasteiger partial charge on any atom is 0.317 e. The summed E-state index contributed by atoms with van der Waals surface area (Å²) in [6.07, 6.45) is -2.76. The number of carbonyl (C=O) groups is 2. The van der Waals surface area contributed by atoms with Gasteiger partial charge in [0, 0.05) is 0 Å². The van der Waals surface area contributed by atoms with Crippen LogP contribution in [0, 0.1) is 0 Å². The molecule has 0 saturated carbocycles. The van der Waals surface area contributed by atoms with E-state index in [1.807, 2.05) is 19.9 Å². The second-order valence-corrected chi connectivity index (χ2v) is 13.2. The van der Waals surface area contributed by atoms with Gasteiger partial charge in [0.05, 0.1) is 18.8 Å². The Bertz CT molecular complexity index is 1180. The summed E-state index contributed by atoms with van der Waals surface area (Å²) < 4.78 is 27.4. The number of carboxylic acid groups (broad SMARTS) is 1. The molecule has 0 unspecified atom stereocenters. The molecule has 11 atom stereocenters. The van der Waals surface area contributed by atoms with E-state index < -0.39 is 98.6 Å². The molecular weight excluding hydrogens is 660 g/mol. The van der Waals surface area contributed by atoms with Crippen molar-refractivity contribution >= 4 is 11.9 Å². The largest absolute Gasteiger partial charge is 0.481 e. The second kappa shape index (κ2) is 21.1. The van der Waals surface area contributed by atoms with Crippen molar-refractivity contribution < 1.29 is 74.1 Å². The highest BCUT2D eigenvalue weighted by Gasteiger charge is 2.47. The lowest BCUT2D eigenvalue weighted by atomic mass is 9.96. The molecule has 2 aliphatic heterocycles. The summed E-state index contributed by atoms with van der Waals surface area (Å²) in [5.74, 6) is -2.42. The molecule has 8 N–H and O–H groups in total. The fourth-order valence-electron chi connectivity index (χ4n) is 5.35. The van der Waals surface area contributed by atoms with Crippen LogP contribution in [0.2, 0.25) is 0 Å².